The minimum Gasteiger partial charge on any atom is -0.324 e. The van der Waals surface area contributed by atoms with Crippen molar-refractivity contribution < 1.29 is 0 Å². The molecule has 2 N–H and O–H groups in total. The van der Waals surface area contributed by atoms with Crippen molar-refractivity contribution in [2.45, 2.75) is 19.4 Å². The smallest absolute Gasteiger partial charge is 0.0705 e. The maximum absolute atomic E-state index is 6.29. The number of benzene rings is 1. The molecule has 3 rings (SSSR count). The molecule has 0 radical (unpaired) electrons. The lowest BCUT2D eigenvalue weighted by molar-refractivity contribution is 0.699. The third-order valence-corrected chi connectivity index (χ3v) is 3.53. The molecule has 0 bridgehead atoms. The van der Waals surface area contributed by atoms with Crippen LogP contribution in [0.4, 0.5) is 0 Å². The van der Waals surface area contributed by atoms with Gasteiger partial charge in [-0.2, -0.15) is 0 Å². The molecular formula is C17H17N3. The van der Waals surface area contributed by atoms with Crippen LogP contribution >= 0.6 is 0 Å². The first-order chi connectivity index (χ1) is 9.74. The van der Waals surface area contributed by atoms with Crippen molar-refractivity contribution in [3.8, 4) is 0 Å². The molecule has 1 atom stereocenters. The van der Waals surface area contributed by atoms with Gasteiger partial charge >= 0.3 is 0 Å². The minimum absolute atomic E-state index is 0.0719. The van der Waals surface area contributed by atoms with E-state index in [4.69, 9.17) is 5.73 Å². The molecule has 0 aliphatic rings. The van der Waals surface area contributed by atoms with Crippen molar-refractivity contribution in [2.75, 3.05) is 0 Å². The highest BCUT2D eigenvalue weighted by Gasteiger charge is 2.11. The monoisotopic (exact) mass is 263 g/mol. The zero-order chi connectivity index (χ0) is 13.9. The van der Waals surface area contributed by atoms with Crippen LogP contribution in [-0.2, 0) is 6.42 Å². The number of aryl methyl sites for hydroxylation is 1. The van der Waals surface area contributed by atoms with Crippen LogP contribution in [0.25, 0.3) is 10.9 Å². The zero-order valence-corrected chi connectivity index (χ0v) is 11.5. The highest BCUT2D eigenvalue weighted by molar-refractivity contribution is 5.78. The van der Waals surface area contributed by atoms with Gasteiger partial charge in [-0.05, 0) is 30.7 Å². The van der Waals surface area contributed by atoms with E-state index in [1.165, 1.54) is 0 Å². The fourth-order valence-electron chi connectivity index (χ4n) is 2.45. The molecule has 0 amide bonds. The molecule has 2 aromatic heterocycles. The quantitative estimate of drug-likeness (QED) is 0.789. The number of nitrogens with two attached hydrogens (primary N) is 1. The van der Waals surface area contributed by atoms with Crippen LogP contribution in [0.15, 0.2) is 54.7 Å². The van der Waals surface area contributed by atoms with E-state index in [-0.39, 0.29) is 6.04 Å². The van der Waals surface area contributed by atoms with Crippen molar-refractivity contribution in [3.05, 3.63) is 71.7 Å². The number of nitrogens with zero attached hydrogens (tertiary/aromatic N) is 2. The van der Waals surface area contributed by atoms with Crippen LogP contribution in [0.3, 0.4) is 0 Å². The summed E-state index contributed by atoms with van der Waals surface area (Å²) in [6.45, 7) is 1.99. The van der Waals surface area contributed by atoms with Gasteiger partial charge in [0.2, 0.25) is 0 Å². The second-order valence-electron chi connectivity index (χ2n) is 4.98. The summed E-state index contributed by atoms with van der Waals surface area (Å²) in [5, 5.41) is 1.15. The number of hydrogen-bond donors (Lipinski definition) is 1. The fourth-order valence-corrected chi connectivity index (χ4v) is 2.45. The number of aromatic nitrogens is 2. The van der Waals surface area contributed by atoms with Gasteiger partial charge in [-0.15, -0.1) is 0 Å². The normalized spacial score (nSPS) is 12.5. The summed E-state index contributed by atoms with van der Waals surface area (Å²) in [6.07, 6.45) is 2.51. The average molecular weight is 263 g/mol. The molecule has 2 heterocycles. The van der Waals surface area contributed by atoms with Crippen LogP contribution < -0.4 is 5.73 Å². The van der Waals surface area contributed by atoms with E-state index in [9.17, 15) is 0 Å². The van der Waals surface area contributed by atoms with Crippen molar-refractivity contribution in [3.63, 3.8) is 0 Å². The molecule has 3 heteroatoms. The van der Waals surface area contributed by atoms with E-state index in [1.807, 2.05) is 43.3 Å². The van der Waals surface area contributed by atoms with Gasteiger partial charge in [-0.25, -0.2) is 0 Å². The Balaban J connectivity index is 1.87. The molecule has 0 aliphatic heterocycles. The van der Waals surface area contributed by atoms with E-state index >= 15 is 0 Å². The molecule has 1 unspecified atom stereocenters. The third-order valence-electron chi connectivity index (χ3n) is 3.53. The van der Waals surface area contributed by atoms with E-state index < -0.39 is 0 Å². The lowest BCUT2D eigenvalue weighted by Gasteiger charge is -2.13. The SMILES string of the molecule is Cc1ncccc1C(N)Cc1ccc2ccccc2n1. The molecule has 0 fully saturated rings. The summed E-state index contributed by atoms with van der Waals surface area (Å²) < 4.78 is 0. The number of para-hydroxylation sites is 1. The van der Waals surface area contributed by atoms with E-state index in [2.05, 4.69) is 22.1 Å². The highest BCUT2D eigenvalue weighted by atomic mass is 14.7. The maximum atomic E-state index is 6.29. The first kappa shape index (κ1) is 12.8. The van der Waals surface area contributed by atoms with Crippen LogP contribution in [0.5, 0.6) is 0 Å². The predicted molar refractivity (Wildman–Crippen MR) is 81.3 cm³/mol. The minimum atomic E-state index is -0.0719. The Morgan fingerprint density at radius 1 is 1.05 bits per heavy atom. The highest BCUT2D eigenvalue weighted by Crippen LogP contribution is 2.19. The molecule has 0 saturated carbocycles. The maximum Gasteiger partial charge on any atom is 0.0705 e. The van der Waals surface area contributed by atoms with Crippen molar-refractivity contribution in [1.29, 1.82) is 0 Å². The summed E-state index contributed by atoms with van der Waals surface area (Å²) >= 11 is 0. The first-order valence-electron chi connectivity index (χ1n) is 6.76. The summed E-state index contributed by atoms with van der Waals surface area (Å²) in [5.41, 5.74) is 10.4. The molecule has 3 aromatic rings. The lowest BCUT2D eigenvalue weighted by atomic mass is 10.0. The van der Waals surface area contributed by atoms with Crippen LogP contribution in [0.2, 0.25) is 0 Å². The Bertz CT molecular complexity index is 737. The molecule has 0 spiro atoms. The topological polar surface area (TPSA) is 51.8 Å². The Kier molecular flexibility index (Phi) is 3.44. The predicted octanol–water partition coefficient (Wildman–Crippen LogP) is 3.18. The van der Waals surface area contributed by atoms with Gasteiger partial charge in [-0.1, -0.05) is 30.3 Å². The molecule has 100 valence electrons. The summed E-state index contributed by atoms with van der Waals surface area (Å²) in [5.74, 6) is 0. The summed E-state index contributed by atoms with van der Waals surface area (Å²) in [6, 6.07) is 16.2. The Morgan fingerprint density at radius 2 is 1.90 bits per heavy atom. The third kappa shape index (κ3) is 2.53. The van der Waals surface area contributed by atoms with Crippen molar-refractivity contribution >= 4 is 10.9 Å². The van der Waals surface area contributed by atoms with E-state index in [1.54, 1.807) is 6.20 Å². The van der Waals surface area contributed by atoms with Gasteiger partial charge in [0.05, 0.1) is 5.52 Å². The van der Waals surface area contributed by atoms with Gasteiger partial charge in [0.15, 0.2) is 0 Å². The second kappa shape index (κ2) is 5.39. The first-order valence-corrected chi connectivity index (χ1v) is 6.76. The van der Waals surface area contributed by atoms with Crippen LogP contribution in [0, 0.1) is 6.92 Å². The largest absolute Gasteiger partial charge is 0.324 e. The molecule has 0 saturated heterocycles. The van der Waals surface area contributed by atoms with E-state index in [0.717, 1.165) is 34.3 Å². The fraction of sp³-hybridized carbons (Fsp3) is 0.176. The van der Waals surface area contributed by atoms with Gasteiger partial charge in [-0.3, -0.25) is 9.97 Å². The standard InChI is InChI=1S/C17H17N3/c1-12-15(6-4-10-19-12)16(18)11-14-9-8-13-5-2-3-7-17(13)20-14/h2-10,16H,11,18H2,1H3. The van der Waals surface area contributed by atoms with Crippen LogP contribution in [-0.4, -0.2) is 9.97 Å². The Labute approximate surface area is 118 Å². The van der Waals surface area contributed by atoms with Crippen molar-refractivity contribution in [2.24, 2.45) is 5.73 Å². The molecular weight excluding hydrogens is 246 g/mol. The Morgan fingerprint density at radius 3 is 2.75 bits per heavy atom. The summed E-state index contributed by atoms with van der Waals surface area (Å²) in [4.78, 5) is 8.96. The molecule has 1 aromatic carbocycles. The number of rotatable bonds is 3. The Hall–Kier alpha value is -2.26. The van der Waals surface area contributed by atoms with Crippen molar-refractivity contribution in [1.82, 2.24) is 9.97 Å². The molecule has 20 heavy (non-hydrogen) atoms. The average Bonchev–Trinajstić information content (AvgIpc) is 2.47. The number of pyridine rings is 2. The van der Waals surface area contributed by atoms with Crippen LogP contribution in [0.1, 0.15) is 23.0 Å². The second-order valence-corrected chi connectivity index (χ2v) is 4.98. The lowest BCUT2D eigenvalue weighted by Crippen LogP contribution is -2.15. The summed E-state index contributed by atoms with van der Waals surface area (Å²) in [7, 11) is 0. The van der Waals surface area contributed by atoms with Gasteiger partial charge in [0, 0.05) is 35.4 Å². The number of fused-ring (bicyclic) bond motifs is 1. The molecule has 0 aliphatic carbocycles. The zero-order valence-electron chi connectivity index (χ0n) is 11.5. The molecule has 3 nitrogen and oxygen atoms in total. The van der Waals surface area contributed by atoms with E-state index in [0.29, 0.717) is 0 Å². The van der Waals surface area contributed by atoms with Gasteiger partial charge in [0.1, 0.15) is 0 Å². The van der Waals surface area contributed by atoms with Gasteiger partial charge in [0.25, 0.3) is 0 Å². The van der Waals surface area contributed by atoms with Gasteiger partial charge < -0.3 is 5.73 Å². The number of hydrogen-bond acceptors (Lipinski definition) is 3.